The first-order chi connectivity index (χ1) is 7.15. The summed E-state index contributed by atoms with van der Waals surface area (Å²) >= 11 is 6.01. The van der Waals surface area contributed by atoms with E-state index in [2.05, 4.69) is 0 Å². The third-order valence-electron chi connectivity index (χ3n) is 3.57. The van der Waals surface area contributed by atoms with Gasteiger partial charge in [-0.2, -0.15) is 0 Å². The minimum absolute atomic E-state index is 0.139. The van der Waals surface area contributed by atoms with Crippen molar-refractivity contribution >= 4 is 11.6 Å². The van der Waals surface area contributed by atoms with Crippen LogP contribution in [0.2, 0.25) is 0 Å². The van der Waals surface area contributed by atoms with Crippen LogP contribution in [0.3, 0.4) is 0 Å². The molecule has 0 amide bonds. The number of alkyl halides is 1. The zero-order valence-corrected chi connectivity index (χ0v) is 9.78. The van der Waals surface area contributed by atoms with Crippen LogP contribution in [-0.4, -0.2) is 5.88 Å². The van der Waals surface area contributed by atoms with Gasteiger partial charge < -0.3 is 0 Å². The van der Waals surface area contributed by atoms with Gasteiger partial charge in [-0.3, -0.25) is 0 Å². The van der Waals surface area contributed by atoms with Crippen LogP contribution in [0.25, 0.3) is 0 Å². The highest BCUT2D eigenvalue weighted by Crippen LogP contribution is 2.44. The molecule has 0 heterocycles. The normalized spacial score (nSPS) is 18.6. The van der Waals surface area contributed by atoms with Crippen LogP contribution < -0.4 is 0 Å². The van der Waals surface area contributed by atoms with Crippen LogP contribution in [0.15, 0.2) is 18.2 Å². The number of hydrogen-bond acceptors (Lipinski definition) is 0. The van der Waals surface area contributed by atoms with Gasteiger partial charge in [0.15, 0.2) is 0 Å². The summed E-state index contributed by atoms with van der Waals surface area (Å²) in [6, 6.07) is 5.03. The maximum absolute atomic E-state index is 13.1. The second kappa shape index (κ2) is 4.13. The van der Waals surface area contributed by atoms with Gasteiger partial charge in [0, 0.05) is 5.88 Å². The summed E-state index contributed by atoms with van der Waals surface area (Å²) in [6.07, 6.45) is 4.57. The maximum atomic E-state index is 13.1. The van der Waals surface area contributed by atoms with Crippen LogP contribution in [0, 0.1) is 18.2 Å². The minimum atomic E-state index is -0.139. The quantitative estimate of drug-likeness (QED) is 0.682. The fraction of sp³-hybridized carbons (Fsp3) is 0.538. The Morgan fingerprint density at radius 3 is 2.67 bits per heavy atom. The molecule has 1 aliphatic rings. The van der Waals surface area contributed by atoms with Crippen LogP contribution in [-0.2, 0) is 6.42 Å². The Labute approximate surface area is 95.4 Å². The van der Waals surface area contributed by atoms with E-state index in [1.54, 1.807) is 6.07 Å². The average Bonchev–Trinajstić information content (AvgIpc) is 2.17. The summed E-state index contributed by atoms with van der Waals surface area (Å²) in [5.74, 6) is 0.558. The van der Waals surface area contributed by atoms with E-state index >= 15 is 0 Å². The fourth-order valence-electron chi connectivity index (χ4n) is 2.27. The lowest BCUT2D eigenvalue weighted by Gasteiger charge is -2.40. The molecule has 0 saturated heterocycles. The third-order valence-corrected chi connectivity index (χ3v) is 4.14. The number of rotatable bonds is 3. The first-order valence-corrected chi connectivity index (χ1v) is 6.00. The highest BCUT2D eigenvalue weighted by Gasteiger charge is 2.36. The van der Waals surface area contributed by atoms with Gasteiger partial charge in [0.1, 0.15) is 5.82 Å². The van der Waals surface area contributed by atoms with E-state index in [-0.39, 0.29) is 11.2 Å². The van der Waals surface area contributed by atoms with Crippen molar-refractivity contribution in [3.8, 4) is 0 Å². The van der Waals surface area contributed by atoms with Gasteiger partial charge in [0.2, 0.25) is 0 Å². The Kier molecular flexibility index (Phi) is 3.01. The standard InChI is InChI=1S/C13H16ClF/c1-10-3-4-12(15)7-11(10)8-13(9-14)5-2-6-13/h3-4,7H,2,5-6,8-9H2,1H3. The Balaban J connectivity index is 2.19. The molecule has 1 aliphatic carbocycles. The topological polar surface area (TPSA) is 0 Å². The molecule has 0 spiro atoms. The second-order valence-corrected chi connectivity index (χ2v) is 5.00. The predicted octanol–water partition coefficient (Wildman–Crippen LogP) is 4.09. The van der Waals surface area contributed by atoms with Gasteiger partial charge in [-0.25, -0.2) is 4.39 Å². The van der Waals surface area contributed by atoms with E-state index in [1.165, 1.54) is 30.9 Å². The third kappa shape index (κ3) is 2.17. The van der Waals surface area contributed by atoms with E-state index < -0.39 is 0 Å². The molecular formula is C13H16ClF. The summed E-state index contributed by atoms with van der Waals surface area (Å²) in [6.45, 7) is 2.04. The van der Waals surface area contributed by atoms with Gasteiger partial charge in [-0.05, 0) is 54.9 Å². The molecular weight excluding hydrogens is 211 g/mol. The molecule has 0 unspecified atom stereocenters. The molecule has 15 heavy (non-hydrogen) atoms. The largest absolute Gasteiger partial charge is 0.207 e. The van der Waals surface area contributed by atoms with E-state index in [1.807, 2.05) is 13.0 Å². The highest BCUT2D eigenvalue weighted by atomic mass is 35.5. The summed E-state index contributed by atoms with van der Waals surface area (Å²) in [5.41, 5.74) is 2.54. The second-order valence-electron chi connectivity index (χ2n) is 4.73. The van der Waals surface area contributed by atoms with Crippen molar-refractivity contribution in [3.63, 3.8) is 0 Å². The Bertz CT molecular complexity index is 350. The number of hydrogen-bond donors (Lipinski definition) is 0. The van der Waals surface area contributed by atoms with Crippen LogP contribution >= 0.6 is 11.6 Å². The van der Waals surface area contributed by atoms with Gasteiger partial charge in [-0.15, -0.1) is 11.6 Å². The fourth-order valence-corrected chi connectivity index (χ4v) is 2.63. The molecule has 0 radical (unpaired) electrons. The monoisotopic (exact) mass is 226 g/mol. The SMILES string of the molecule is Cc1ccc(F)cc1CC1(CCl)CCC1. The van der Waals surface area contributed by atoms with Crippen molar-refractivity contribution in [1.82, 2.24) is 0 Å². The minimum Gasteiger partial charge on any atom is -0.207 e. The zero-order valence-electron chi connectivity index (χ0n) is 9.02. The van der Waals surface area contributed by atoms with Gasteiger partial charge >= 0.3 is 0 Å². The zero-order chi connectivity index (χ0) is 10.9. The highest BCUT2D eigenvalue weighted by molar-refractivity contribution is 6.18. The molecule has 1 saturated carbocycles. The van der Waals surface area contributed by atoms with Gasteiger partial charge in [0.05, 0.1) is 0 Å². The van der Waals surface area contributed by atoms with Crippen molar-refractivity contribution in [2.24, 2.45) is 5.41 Å². The number of aryl methyl sites for hydroxylation is 1. The van der Waals surface area contributed by atoms with Crippen molar-refractivity contribution in [1.29, 1.82) is 0 Å². The molecule has 1 aromatic rings. The molecule has 2 heteroatoms. The lowest BCUT2D eigenvalue weighted by molar-refractivity contribution is 0.166. The summed E-state index contributed by atoms with van der Waals surface area (Å²) < 4.78 is 13.1. The summed E-state index contributed by atoms with van der Waals surface area (Å²) in [7, 11) is 0. The number of benzene rings is 1. The lowest BCUT2D eigenvalue weighted by Crippen LogP contribution is -2.33. The molecule has 0 bridgehead atoms. The van der Waals surface area contributed by atoms with Crippen molar-refractivity contribution in [2.45, 2.75) is 32.6 Å². The maximum Gasteiger partial charge on any atom is 0.123 e. The molecule has 82 valence electrons. The number of halogens is 2. The van der Waals surface area contributed by atoms with Crippen molar-refractivity contribution in [2.75, 3.05) is 5.88 Å². The average molecular weight is 227 g/mol. The van der Waals surface area contributed by atoms with Gasteiger partial charge in [0.25, 0.3) is 0 Å². The predicted molar refractivity (Wildman–Crippen MR) is 61.8 cm³/mol. The van der Waals surface area contributed by atoms with E-state index in [0.29, 0.717) is 5.88 Å². The van der Waals surface area contributed by atoms with E-state index in [4.69, 9.17) is 11.6 Å². The smallest absolute Gasteiger partial charge is 0.123 e. The molecule has 0 aromatic heterocycles. The van der Waals surface area contributed by atoms with E-state index in [0.717, 1.165) is 12.0 Å². The molecule has 1 aromatic carbocycles. The molecule has 1 fully saturated rings. The van der Waals surface area contributed by atoms with Crippen LogP contribution in [0.4, 0.5) is 4.39 Å². The van der Waals surface area contributed by atoms with Crippen molar-refractivity contribution < 1.29 is 4.39 Å². The molecule has 0 nitrogen and oxygen atoms in total. The summed E-state index contributed by atoms with van der Waals surface area (Å²) in [4.78, 5) is 0. The molecule has 2 rings (SSSR count). The molecule has 0 N–H and O–H groups in total. The Morgan fingerprint density at radius 1 is 1.40 bits per heavy atom. The van der Waals surface area contributed by atoms with Crippen molar-refractivity contribution in [3.05, 3.63) is 35.1 Å². The van der Waals surface area contributed by atoms with Gasteiger partial charge in [-0.1, -0.05) is 12.5 Å². The van der Waals surface area contributed by atoms with Crippen LogP contribution in [0.1, 0.15) is 30.4 Å². The molecule has 0 atom stereocenters. The van der Waals surface area contributed by atoms with E-state index in [9.17, 15) is 4.39 Å². The first-order valence-electron chi connectivity index (χ1n) is 5.46. The van der Waals surface area contributed by atoms with Crippen LogP contribution in [0.5, 0.6) is 0 Å². The molecule has 0 aliphatic heterocycles. The summed E-state index contributed by atoms with van der Waals surface area (Å²) in [5, 5.41) is 0. The first kappa shape index (κ1) is 10.9. The lowest BCUT2D eigenvalue weighted by atomic mass is 9.66. The Hall–Kier alpha value is -0.560. The Morgan fingerprint density at radius 2 is 2.13 bits per heavy atom.